The molecule has 0 saturated heterocycles. The normalized spacial score (nSPS) is 12.4. The molecule has 2 aromatic rings. The molecule has 0 bridgehead atoms. The first-order chi connectivity index (χ1) is 8.63. The summed E-state index contributed by atoms with van der Waals surface area (Å²) in [5, 5.41) is 1.02. The predicted molar refractivity (Wildman–Crippen MR) is 72.4 cm³/mol. The maximum absolute atomic E-state index is 6.20. The number of hydrogen-bond acceptors (Lipinski definition) is 3. The Labute approximate surface area is 115 Å². The largest absolute Gasteiger partial charge is 0.492 e. The molecular weight excluding hydrogens is 273 g/mol. The molecule has 0 saturated carbocycles. The number of ether oxygens (including phenoxy) is 1. The molecule has 2 N–H and O–H groups in total. The van der Waals surface area contributed by atoms with Gasteiger partial charge in [0.1, 0.15) is 5.75 Å². The second kappa shape index (κ2) is 5.65. The first-order valence-electron chi connectivity index (χ1n) is 5.53. The zero-order valence-corrected chi connectivity index (χ0v) is 11.3. The van der Waals surface area contributed by atoms with Crippen molar-refractivity contribution in [3.8, 4) is 5.75 Å². The van der Waals surface area contributed by atoms with E-state index in [1.807, 2.05) is 6.92 Å². The topological polar surface area (TPSA) is 48.4 Å². The van der Waals surface area contributed by atoms with E-state index in [2.05, 4.69) is 0 Å². The average Bonchev–Trinajstić information content (AvgIpc) is 2.86. The molecule has 0 fully saturated rings. The van der Waals surface area contributed by atoms with Gasteiger partial charge in [-0.1, -0.05) is 23.2 Å². The third-order valence-electron chi connectivity index (χ3n) is 2.59. The van der Waals surface area contributed by atoms with E-state index in [4.69, 9.17) is 38.1 Å². The summed E-state index contributed by atoms with van der Waals surface area (Å²) < 4.78 is 10.4. The van der Waals surface area contributed by atoms with Crippen molar-refractivity contribution >= 4 is 23.2 Å². The van der Waals surface area contributed by atoms with Gasteiger partial charge < -0.3 is 14.9 Å². The summed E-state index contributed by atoms with van der Waals surface area (Å²) in [6.45, 7) is 2.42. The summed E-state index contributed by atoms with van der Waals surface area (Å²) in [6.07, 6.45) is 3.16. The lowest BCUT2D eigenvalue weighted by atomic mass is 10.0. The van der Waals surface area contributed by atoms with Gasteiger partial charge in [-0.3, -0.25) is 0 Å². The maximum atomic E-state index is 6.20. The molecule has 18 heavy (non-hydrogen) atoms. The summed E-state index contributed by atoms with van der Waals surface area (Å²) in [5.41, 5.74) is 7.70. The highest BCUT2D eigenvalue weighted by Gasteiger charge is 2.16. The van der Waals surface area contributed by atoms with Crippen molar-refractivity contribution in [3.05, 3.63) is 51.9 Å². The molecule has 0 aliphatic rings. The molecule has 1 aromatic heterocycles. The van der Waals surface area contributed by atoms with Crippen molar-refractivity contribution in [1.82, 2.24) is 0 Å². The molecular formula is C13H13Cl2NO2. The lowest BCUT2D eigenvalue weighted by molar-refractivity contribution is 0.340. The van der Waals surface area contributed by atoms with Crippen LogP contribution in [0, 0.1) is 0 Å². The summed E-state index contributed by atoms with van der Waals surface area (Å²) >= 11 is 12.3. The van der Waals surface area contributed by atoms with Gasteiger partial charge in [-0.25, -0.2) is 0 Å². The summed E-state index contributed by atoms with van der Waals surface area (Å²) in [4.78, 5) is 0. The maximum Gasteiger partial charge on any atom is 0.139 e. The fourth-order valence-corrected chi connectivity index (χ4v) is 2.18. The second-order valence-corrected chi connectivity index (χ2v) is 4.59. The molecule has 0 aliphatic carbocycles. The van der Waals surface area contributed by atoms with Crippen molar-refractivity contribution in [3.63, 3.8) is 0 Å². The summed E-state index contributed by atoms with van der Waals surface area (Å²) in [6, 6.07) is 4.84. The number of halogens is 2. The van der Waals surface area contributed by atoms with Crippen molar-refractivity contribution in [2.24, 2.45) is 5.73 Å². The van der Waals surface area contributed by atoms with Crippen molar-refractivity contribution in [1.29, 1.82) is 0 Å². The van der Waals surface area contributed by atoms with Gasteiger partial charge in [0.25, 0.3) is 0 Å². The quantitative estimate of drug-likeness (QED) is 0.923. The van der Waals surface area contributed by atoms with Crippen molar-refractivity contribution < 1.29 is 9.15 Å². The lowest BCUT2D eigenvalue weighted by Crippen LogP contribution is -2.11. The fourth-order valence-electron chi connectivity index (χ4n) is 1.68. The SMILES string of the molecule is CCOc1cc(Cl)c(C(N)c2ccoc2)cc1Cl. The molecule has 5 heteroatoms. The molecule has 1 heterocycles. The van der Waals surface area contributed by atoms with E-state index in [9.17, 15) is 0 Å². The van der Waals surface area contributed by atoms with Gasteiger partial charge in [0.05, 0.1) is 30.2 Å². The zero-order valence-electron chi connectivity index (χ0n) is 9.82. The highest BCUT2D eigenvalue weighted by molar-refractivity contribution is 6.34. The van der Waals surface area contributed by atoms with Crippen LogP contribution in [-0.4, -0.2) is 6.61 Å². The van der Waals surface area contributed by atoms with Gasteiger partial charge in [-0.15, -0.1) is 0 Å². The van der Waals surface area contributed by atoms with Gasteiger partial charge in [0, 0.05) is 16.7 Å². The van der Waals surface area contributed by atoms with Gasteiger partial charge in [-0.05, 0) is 24.6 Å². The highest BCUT2D eigenvalue weighted by atomic mass is 35.5. The minimum atomic E-state index is -0.371. The number of nitrogens with two attached hydrogens (primary N) is 1. The predicted octanol–water partition coefficient (Wildman–Crippen LogP) is 4.03. The van der Waals surface area contributed by atoms with Crippen LogP contribution in [0.4, 0.5) is 0 Å². The summed E-state index contributed by atoms with van der Waals surface area (Å²) in [7, 11) is 0. The minimum Gasteiger partial charge on any atom is -0.492 e. The van der Waals surface area contributed by atoms with Gasteiger partial charge >= 0.3 is 0 Å². The Morgan fingerprint density at radius 2 is 2.11 bits per heavy atom. The first kappa shape index (κ1) is 13.3. The molecule has 1 aromatic carbocycles. The Hall–Kier alpha value is -1.16. The number of rotatable bonds is 4. The highest BCUT2D eigenvalue weighted by Crippen LogP contribution is 2.35. The summed E-state index contributed by atoms with van der Waals surface area (Å²) in [5.74, 6) is 0.562. The van der Waals surface area contributed by atoms with E-state index in [1.165, 1.54) is 0 Å². The Kier molecular flexibility index (Phi) is 4.17. The molecule has 96 valence electrons. The van der Waals surface area contributed by atoms with E-state index in [-0.39, 0.29) is 6.04 Å². The van der Waals surface area contributed by atoms with E-state index >= 15 is 0 Å². The van der Waals surface area contributed by atoms with E-state index in [0.717, 1.165) is 11.1 Å². The Balaban J connectivity index is 2.37. The van der Waals surface area contributed by atoms with Crippen LogP contribution in [0.2, 0.25) is 10.0 Å². The molecule has 1 atom stereocenters. The molecule has 0 amide bonds. The van der Waals surface area contributed by atoms with Crippen LogP contribution in [0.5, 0.6) is 5.75 Å². The molecule has 0 spiro atoms. The molecule has 3 nitrogen and oxygen atoms in total. The first-order valence-corrected chi connectivity index (χ1v) is 6.28. The van der Waals surface area contributed by atoms with Crippen molar-refractivity contribution in [2.75, 3.05) is 6.61 Å². The Morgan fingerprint density at radius 3 is 2.72 bits per heavy atom. The van der Waals surface area contributed by atoms with Crippen LogP contribution in [-0.2, 0) is 0 Å². The lowest BCUT2D eigenvalue weighted by Gasteiger charge is -2.14. The number of furan rings is 1. The average molecular weight is 286 g/mol. The van der Waals surface area contributed by atoms with Gasteiger partial charge in [-0.2, -0.15) is 0 Å². The molecule has 2 rings (SSSR count). The van der Waals surface area contributed by atoms with Crippen LogP contribution in [0.1, 0.15) is 24.1 Å². The Morgan fingerprint density at radius 1 is 1.33 bits per heavy atom. The molecule has 0 radical (unpaired) electrons. The van der Waals surface area contributed by atoms with E-state index in [0.29, 0.717) is 22.4 Å². The second-order valence-electron chi connectivity index (χ2n) is 3.77. The number of hydrogen-bond donors (Lipinski definition) is 1. The third-order valence-corrected chi connectivity index (χ3v) is 3.21. The van der Waals surface area contributed by atoms with Crippen LogP contribution in [0.3, 0.4) is 0 Å². The zero-order chi connectivity index (χ0) is 13.1. The van der Waals surface area contributed by atoms with Crippen LogP contribution >= 0.6 is 23.2 Å². The van der Waals surface area contributed by atoms with E-state index in [1.54, 1.807) is 30.7 Å². The minimum absolute atomic E-state index is 0.371. The fraction of sp³-hybridized carbons (Fsp3) is 0.231. The number of benzene rings is 1. The van der Waals surface area contributed by atoms with Crippen molar-refractivity contribution in [2.45, 2.75) is 13.0 Å². The molecule has 0 aliphatic heterocycles. The van der Waals surface area contributed by atoms with Crippen LogP contribution in [0.15, 0.2) is 35.1 Å². The monoisotopic (exact) mass is 285 g/mol. The van der Waals surface area contributed by atoms with Gasteiger partial charge in [0.2, 0.25) is 0 Å². The smallest absolute Gasteiger partial charge is 0.139 e. The molecule has 1 unspecified atom stereocenters. The standard InChI is InChI=1S/C13H13Cl2NO2/c1-2-18-12-6-10(14)9(5-11(12)15)13(16)8-3-4-17-7-8/h3-7,13H,2,16H2,1H3. The van der Waals surface area contributed by atoms with Crippen LogP contribution < -0.4 is 10.5 Å². The Bertz CT molecular complexity index is 526. The van der Waals surface area contributed by atoms with Gasteiger partial charge in [0.15, 0.2) is 0 Å². The van der Waals surface area contributed by atoms with Crippen LogP contribution in [0.25, 0.3) is 0 Å². The third kappa shape index (κ3) is 2.64. The van der Waals surface area contributed by atoms with E-state index < -0.39 is 0 Å².